The first-order valence-corrected chi connectivity index (χ1v) is 6.62. The molecule has 5 nitrogen and oxygen atoms in total. The van der Waals surface area contributed by atoms with Crippen molar-refractivity contribution in [3.05, 3.63) is 52.8 Å². The number of hydrogen-bond acceptors (Lipinski definition) is 3. The summed E-state index contributed by atoms with van der Waals surface area (Å²) in [7, 11) is 0. The minimum atomic E-state index is -0.946. The Morgan fingerprint density at radius 1 is 1.50 bits per heavy atom. The molecule has 1 atom stereocenters. The number of hydrogen-bond donors (Lipinski definition) is 1. The van der Waals surface area contributed by atoms with Gasteiger partial charge in [0.2, 0.25) is 0 Å². The van der Waals surface area contributed by atoms with Crippen LogP contribution in [0.15, 0.2) is 30.5 Å². The molecular formula is C15H16N2O3. The van der Waals surface area contributed by atoms with Crippen LogP contribution in [0, 0.1) is 6.92 Å². The fraction of sp³-hybridized carbons (Fsp3) is 0.333. The van der Waals surface area contributed by atoms with E-state index in [-0.39, 0.29) is 11.7 Å². The van der Waals surface area contributed by atoms with E-state index in [9.17, 15) is 4.79 Å². The van der Waals surface area contributed by atoms with Gasteiger partial charge in [-0.3, -0.25) is 4.68 Å². The fourth-order valence-corrected chi connectivity index (χ4v) is 2.62. The van der Waals surface area contributed by atoms with E-state index >= 15 is 0 Å². The van der Waals surface area contributed by atoms with Gasteiger partial charge in [0.25, 0.3) is 0 Å². The molecule has 1 aromatic carbocycles. The third-order valence-corrected chi connectivity index (χ3v) is 3.62. The number of aryl methyl sites for hydroxylation is 1. The molecule has 0 bridgehead atoms. The summed E-state index contributed by atoms with van der Waals surface area (Å²) in [6.07, 6.45) is 2.42. The molecule has 1 aliphatic heterocycles. The molecule has 2 heterocycles. The highest BCUT2D eigenvalue weighted by atomic mass is 16.5. The van der Waals surface area contributed by atoms with Crippen molar-refractivity contribution < 1.29 is 14.6 Å². The van der Waals surface area contributed by atoms with Crippen molar-refractivity contribution in [1.82, 2.24) is 9.78 Å². The Morgan fingerprint density at radius 3 is 3.05 bits per heavy atom. The molecule has 1 N–H and O–H groups in total. The van der Waals surface area contributed by atoms with E-state index < -0.39 is 5.97 Å². The summed E-state index contributed by atoms with van der Waals surface area (Å²) in [5.74, 6) is -0.946. The topological polar surface area (TPSA) is 64.4 Å². The van der Waals surface area contributed by atoms with Crippen LogP contribution in [0.2, 0.25) is 0 Å². The number of aromatic nitrogens is 2. The second-order valence-corrected chi connectivity index (χ2v) is 4.96. The van der Waals surface area contributed by atoms with E-state index in [1.165, 1.54) is 11.1 Å². The summed E-state index contributed by atoms with van der Waals surface area (Å²) in [5, 5.41) is 13.3. The van der Waals surface area contributed by atoms with Gasteiger partial charge in [0.05, 0.1) is 18.8 Å². The van der Waals surface area contributed by atoms with Gasteiger partial charge in [-0.2, -0.15) is 5.10 Å². The van der Waals surface area contributed by atoms with Crippen LogP contribution < -0.4 is 0 Å². The number of nitrogens with zero attached hydrogens (tertiary/aromatic N) is 2. The normalized spacial score (nSPS) is 17.8. The van der Waals surface area contributed by atoms with Gasteiger partial charge < -0.3 is 9.84 Å². The third kappa shape index (κ3) is 2.32. The maximum atomic E-state index is 11.0. The zero-order valence-corrected chi connectivity index (χ0v) is 11.2. The van der Waals surface area contributed by atoms with Gasteiger partial charge in [0.1, 0.15) is 11.7 Å². The number of carboxylic acids is 1. The Hall–Kier alpha value is -2.14. The van der Waals surface area contributed by atoms with Crippen LogP contribution in [-0.4, -0.2) is 27.5 Å². The number of rotatable bonds is 3. The summed E-state index contributed by atoms with van der Waals surface area (Å²) in [5.41, 5.74) is 3.24. The molecule has 1 aliphatic rings. The summed E-state index contributed by atoms with van der Waals surface area (Å²) in [6.45, 7) is 2.93. The zero-order valence-electron chi connectivity index (χ0n) is 11.2. The first-order chi connectivity index (χ1) is 9.65. The summed E-state index contributed by atoms with van der Waals surface area (Å²) in [6, 6.07) is 8.20. The number of carbonyl (C=O) groups is 1. The van der Waals surface area contributed by atoms with Crippen LogP contribution in [0.25, 0.3) is 0 Å². The lowest BCUT2D eigenvalue weighted by atomic mass is 9.98. The van der Waals surface area contributed by atoms with Crippen LogP contribution >= 0.6 is 0 Å². The quantitative estimate of drug-likeness (QED) is 0.930. The molecule has 0 amide bonds. The summed E-state index contributed by atoms with van der Waals surface area (Å²) >= 11 is 0. The first kappa shape index (κ1) is 12.9. The molecule has 0 saturated carbocycles. The van der Waals surface area contributed by atoms with E-state index in [2.05, 4.69) is 17.2 Å². The van der Waals surface area contributed by atoms with Gasteiger partial charge in [-0.15, -0.1) is 0 Å². The van der Waals surface area contributed by atoms with Crippen molar-refractivity contribution >= 4 is 5.97 Å². The first-order valence-electron chi connectivity index (χ1n) is 6.62. The molecule has 0 radical (unpaired) electrons. The van der Waals surface area contributed by atoms with E-state index in [1.54, 1.807) is 17.8 Å². The lowest BCUT2D eigenvalue weighted by Crippen LogP contribution is -2.20. The molecule has 104 valence electrons. The van der Waals surface area contributed by atoms with Crippen molar-refractivity contribution in [2.45, 2.75) is 26.0 Å². The molecule has 5 heteroatoms. The van der Waals surface area contributed by atoms with Crippen LogP contribution in [0.1, 0.15) is 33.3 Å². The van der Waals surface area contributed by atoms with Gasteiger partial charge in [-0.1, -0.05) is 24.3 Å². The zero-order chi connectivity index (χ0) is 14.1. The smallest absolute Gasteiger partial charge is 0.339 e. The molecule has 1 aromatic heterocycles. The van der Waals surface area contributed by atoms with Gasteiger partial charge in [-0.05, 0) is 24.5 Å². The van der Waals surface area contributed by atoms with Crippen molar-refractivity contribution in [2.75, 3.05) is 6.61 Å². The molecule has 0 aliphatic carbocycles. The Kier molecular flexibility index (Phi) is 3.28. The van der Waals surface area contributed by atoms with Crippen LogP contribution in [-0.2, 0) is 17.7 Å². The minimum absolute atomic E-state index is 0.0686. The highest BCUT2D eigenvalue weighted by molar-refractivity contribution is 5.88. The summed E-state index contributed by atoms with van der Waals surface area (Å²) < 4.78 is 7.47. The van der Waals surface area contributed by atoms with E-state index in [0.717, 1.165) is 6.42 Å². The van der Waals surface area contributed by atoms with E-state index in [0.29, 0.717) is 18.8 Å². The maximum absolute atomic E-state index is 11.0. The highest BCUT2D eigenvalue weighted by Crippen LogP contribution is 2.28. The highest BCUT2D eigenvalue weighted by Gasteiger charge is 2.22. The molecule has 0 fully saturated rings. The Morgan fingerprint density at radius 2 is 2.30 bits per heavy atom. The van der Waals surface area contributed by atoms with Crippen molar-refractivity contribution in [2.24, 2.45) is 0 Å². The van der Waals surface area contributed by atoms with Crippen LogP contribution in [0.5, 0.6) is 0 Å². The lowest BCUT2D eigenvalue weighted by molar-refractivity contribution is 0.0282. The van der Waals surface area contributed by atoms with Crippen LogP contribution in [0.4, 0.5) is 0 Å². The second-order valence-electron chi connectivity index (χ2n) is 4.96. The summed E-state index contributed by atoms with van der Waals surface area (Å²) in [4.78, 5) is 11.0. The lowest BCUT2D eigenvalue weighted by Gasteiger charge is -2.25. The largest absolute Gasteiger partial charge is 0.478 e. The average Bonchev–Trinajstić information content (AvgIpc) is 2.80. The molecule has 1 unspecified atom stereocenters. The number of fused-ring (bicyclic) bond motifs is 1. The molecule has 3 rings (SSSR count). The molecule has 2 aromatic rings. The maximum Gasteiger partial charge on any atom is 0.339 e. The Bertz CT molecular complexity index is 648. The SMILES string of the molecule is Cc1nn(CC2OCCc3ccccc32)cc1C(=O)O. The average molecular weight is 272 g/mol. The standard InChI is InChI=1S/C15H16N2O3/c1-10-13(15(18)19)8-17(16-10)9-14-12-5-3-2-4-11(12)6-7-20-14/h2-5,8,14H,6-7,9H2,1H3,(H,18,19). The number of ether oxygens (including phenoxy) is 1. The number of carboxylic acid groups (broad SMARTS) is 1. The third-order valence-electron chi connectivity index (χ3n) is 3.62. The predicted molar refractivity (Wildman–Crippen MR) is 72.8 cm³/mol. The number of aromatic carboxylic acids is 1. The van der Waals surface area contributed by atoms with E-state index in [4.69, 9.17) is 9.84 Å². The monoisotopic (exact) mass is 272 g/mol. The minimum Gasteiger partial charge on any atom is -0.478 e. The van der Waals surface area contributed by atoms with Crippen molar-refractivity contribution in [3.8, 4) is 0 Å². The predicted octanol–water partition coefficient (Wildman–Crippen LogP) is 2.20. The van der Waals surface area contributed by atoms with Crippen molar-refractivity contribution in [1.29, 1.82) is 0 Å². The van der Waals surface area contributed by atoms with Gasteiger partial charge >= 0.3 is 5.97 Å². The number of benzene rings is 1. The molecule has 20 heavy (non-hydrogen) atoms. The van der Waals surface area contributed by atoms with Crippen molar-refractivity contribution in [3.63, 3.8) is 0 Å². The van der Waals surface area contributed by atoms with Gasteiger partial charge in [-0.25, -0.2) is 4.79 Å². The van der Waals surface area contributed by atoms with E-state index in [1.807, 2.05) is 12.1 Å². The fourth-order valence-electron chi connectivity index (χ4n) is 2.62. The Labute approximate surface area is 116 Å². The Balaban J connectivity index is 1.86. The molecule has 0 saturated heterocycles. The van der Waals surface area contributed by atoms with Crippen LogP contribution in [0.3, 0.4) is 0 Å². The van der Waals surface area contributed by atoms with Gasteiger partial charge in [0.15, 0.2) is 0 Å². The molecule has 0 spiro atoms. The van der Waals surface area contributed by atoms with Gasteiger partial charge in [0, 0.05) is 6.20 Å². The second kappa shape index (κ2) is 5.09. The molecular weight excluding hydrogens is 256 g/mol.